The fourth-order valence-electron chi connectivity index (χ4n) is 4.11. The first-order valence-corrected chi connectivity index (χ1v) is 10.3. The topological polar surface area (TPSA) is 130 Å². The molecule has 0 spiro atoms. The molecule has 170 valence electrons. The van der Waals surface area contributed by atoms with Crippen LogP contribution in [0.2, 0.25) is 0 Å². The molecule has 33 heavy (non-hydrogen) atoms. The molecular formula is C23H22FN5O4. The van der Waals surface area contributed by atoms with Gasteiger partial charge in [-0.1, -0.05) is 18.2 Å². The van der Waals surface area contributed by atoms with Crippen LogP contribution in [0.4, 0.5) is 4.39 Å². The second-order valence-corrected chi connectivity index (χ2v) is 7.83. The number of benzene rings is 2. The number of hydrogen-bond donors (Lipinski definition) is 4. The van der Waals surface area contributed by atoms with Crippen molar-refractivity contribution in [2.75, 3.05) is 19.6 Å². The average molecular weight is 451 g/mol. The average Bonchev–Trinajstić information content (AvgIpc) is 3.29. The van der Waals surface area contributed by atoms with E-state index in [9.17, 15) is 18.8 Å². The number of nitrogens with zero attached hydrogens (tertiary/aromatic N) is 2. The second kappa shape index (κ2) is 8.83. The van der Waals surface area contributed by atoms with Crippen LogP contribution in [0.15, 0.2) is 48.7 Å². The van der Waals surface area contributed by atoms with Gasteiger partial charge in [0.15, 0.2) is 5.84 Å². The Morgan fingerprint density at radius 2 is 1.85 bits per heavy atom. The molecule has 1 aliphatic heterocycles. The number of H-pyrrole nitrogens is 1. The normalized spacial score (nSPS) is 16.0. The first kappa shape index (κ1) is 22.2. The van der Waals surface area contributed by atoms with Crippen molar-refractivity contribution in [2.45, 2.75) is 13.0 Å². The molecule has 9 nitrogen and oxygen atoms in total. The molecule has 4 rings (SSSR count). The molecular weight excluding hydrogens is 429 g/mol. The highest BCUT2D eigenvalue weighted by molar-refractivity contribution is 6.45. The van der Waals surface area contributed by atoms with Gasteiger partial charge in [0.05, 0.1) is 11.1 Å². The van der Waals surface area contributed by atoms with E-state index in [1.165, 1.54) is 17.2 Å². The van der Waals surface area contributed by atoms with E-state index < -0.39 is 23.5 Å². The summed E-state index contributed by atoms with van der Waals surface area (Å²) < 4.78 is 14.6. The van der Waals surface area contributed by atoms with Gasteiger partial charge in [-0.2, -0.15) is 0 Å². The minimum atomic E-state index is -0.893. The third-order valence-electron chi connectivity index (χ3n) is 5.80. The minimum absolute atomic E-state index is 0.115. The smallest absolute Gasteiger partial charge is 0.295 e. The Bertz CT molecular complexity index is 1260. The highest BCUT2D eigenvalue weighted by Crippen LogP contribution is 2.26. The van der Waals surface area contributed by atoms with Crippen LogP contribution in [-0.4, -0.2) is 69.1 Å². The van der Waals surface area contributed by atoms with Crippen molar-refractivity contribution >= 4 is 34.3 Å². The monoisotopic (exact) mass is 451 g/mol. The van der Waals surface area contributed by atoms with E-state index in [2.05, 4.69) is 4.98 Å². The van der Waals surface area contributed by atoms with Crippen LogP contribution in [0, 0.1) is 11.2 Å². The summed E-state index contributed by atoms with van der Waals surface area (Å²) in [5.41, 5.74) is 2.33. The number of rotatable bonds is 4. The van der Waals surface area contributed by atoms with Gasteiger partial charge in [-0.25, -0.2) is 4.39 Å². The van der Waals surface area contributed by atoms with Crippen molar-refractivity contribution < 1.29 is 24.0 Å². The van der Waals surface area contributed by atoms with E-state index in [0.717, 1.165) is 6.07 Å². The van der Waals surface area contributed by atoms with Gasteiger partial charge >= 0.3 is 0 Å². The van der Waals surface area contributed by atoms with Crippen molar-refractivity contribution in [1.29, 1.82) is 5.41 Å². The second-order valence-electron chi connectivity index (χ2n) is 7.83. The predicted octanol–water partition coefficient (Wildman–Crippen LogP) is 2.17. The number of halogens is 1. The zero-order chi connectivity index (χ0) is 23.7. The third kappa shape index (κ3) is 3.96. The number of amides is 2. The summed E-state index contributed by atoms with van der Waals surface area (Å²) in [4.78, 5) is 44.5. The molecule has 1 fully saturated rings. The Labute approximate surface area is 188 Å². The summed E-state index contributed by atoms with van der Waals surface area (Å²) in [5.74, 6) is -2.96. The molecule has 2 amide bonds. The summed E-state index contributed by atoms with van der Waals surface area (Å²) in [6.45, 7) is 2.44. The standard InChI is InChI=1S/C23H22FN5O4/c1-13-12-28(22(31)14-5-3-2-4-6-14)9-10-29(13)23(32)20(30)16-11-26-19-15(21(25)27-33)7-8-17(24)18(16)19/h2-8,11,13,26,33H,9-10,12H2,1H3,(H2,25,27)/t13-/m1/s1. The number of hydroxylamine groups is 1. The van der Waals surface area contributed by atoms with E-state index in [-0.39, 0.29) is 53.4 Å². The van der Waals surface area contributed by atoms with Gasteiger partial charge in [0.25, 0.3) is 17.6 Å². The molecule has 0 aliphatic carbocycles. The summed E-state index contributed by atoms with van der Waals surface area (Å²) in [6, 6.07) is 10.7. The van der Waals surface area contributed by atoms with Gasteiger partial charge in [0, 0.05) is 48.4 Å². The van der Waals surface area contributed by atoms with Gasteiger partial charge < -0.3 is 14.8 Å². The largest absolute Gasteiger partial charge is 0.360 e. The highest BCUT2D eigenvalue weighted by atomic mass is 19.1. The van der Waals surface area contributed by atoms with E-state index in [0.29, 0.717) is 5.56 Å². The van der Waals surface area contributed by atoms with Crippen molar-refractivity contribution in [1.82, 2.24) is 20.3 Å². The maximum Gasteiger partial charge on any atom is 0.295 e. The fraction of sp³-hybridized carbons (Fsp3) is 0.217. The Kier molecular flexibility index (Phi) is 5.93. The molecule has 2 aromatic carbocycles. The number of aromatic amines is 1. The van der Waals surface area contributed by atoms with E-state index in [1.54, 1.807) is 41.6 Å². The lowest BCUT2D eigenvalue weighted by Crippen LogP contribution is -2.56. The van der Waals surface area contributed by atoms with Crippen molar-refractivity contribution in [3.05, 3.63) is 71.2 Å². The predicted molar refractivity (Wildman–Crippen MR) is 118 cm³/mol. The minimum Gasteiger partial charge on any atom is -0.360 e. The number of hydrogen-bond acceptors (Lipinski definition) is 5. The summed E-state index contributed by atoms with van der Waals surface area (Å²) in [6.07, 6.45) is 1.22. The molecule has 0 radical (unpaired) electrons. The van der Waals surface area contributed by atoms with Gasteiger partial charge in [0.2, 0.25) is 0 Å². The summed E-state index contributed by atoms with van der Waals surface area (Å²) in [7, 11) is 0. The number of aromatic nitrogens is 1. The van der Waals surface area contributed by atoms with E-state index >= 15 is 0 Å². The van der Waals surface area contributed by atoms with Crippen molar-refractivity contribution in [2.24, 2.45) is 0 Å². The van der Waals surface area contributed by atoms with Gasteiger partial charge in [-0.15, -0.1) is 0 Å². The number of fused-ring (bicyclic) bond motifs is 1. The van der Waals surface area contributed by atoms with Crippen LogP contribution in [0.1, 0.15) is 33.2 Å². The molecule has 0 unspecified atom stereocenters. The third-order valence-corrected chi connectivity index (χ3v) is 5.80. The number of ketones is 1. The van der Waals surface area contributed by atoms with Crippen LogP contribution in [0.3, 0.4) is 0 Å². The number of nitrogens with one attached hydrogen (secondary N) is 3. The summed E-state index contributed by atoms with van der Waals surface area (Å²) in [5, 5.41) is 16.6. The Hall–Kier alpha value is -4.05. The molecule has 0 saturated carbocycles. The Morgan fingerprint density at radius 3 is 2.52 bits per heavy atom. The molecule has 2 heterocycles. The zero-order valence-electron chi connectivity index (χ0n) is 17.8. The molecule has 1 aliphatic rings. The number of carbonyl (C=O) groups is 3. The number of Topliss-reactive ketones (excluding diaryl/α,β-unsaturated/α-hetero) is 1. The van der Waals surface area contributed by atoms with Crippen LogP contribution < -0.4 is 5.48 Å². The van der Waals surface area contributed by atoms with Gasteiger partial charge in [0.1, 0.15) is 5.82 Å². The molecule has 3 aromatic rings. The molecule has 1 aromatic heterocycles. The number of amidine groups is 1. The van der Waals surface area contributed by atoms with Gasteiger partial charge in [-0.05, 0) is 31.2 Å². The molecule has 4 N–H and O–H groups in total. The Balaban J connectivity index is 1.55. The Morgan fingerprint density at radius 1 is 1.12 bits per heavy atom. The number of carbonyl (C=O) groups excluding carboxylic acids is 3. The maximum absolute atomic E-state index is 14.6. The van der Waals surface area contributed by atoms with Crippen LogP contribution in [-0.2, 0) is 4.79 Å². The number of piperazine rings is 1. The van der Waals surface area contributed by atoms with Crippen molar-refractivity contribution in [3.63, 3.8) is 0 Å². The zero-order valence-corrected chi connectivity index (χ0v) is 17.8. The first-order chi connectivity index (χ1) is 15.8. The molecule has 0 bridgehead atoms. The maximum atomic E-state index is 14.6. The van der Waals surface area contributed by atoms with Crippen LogP contribution in [0.25, 0.3) is 10.9 Å². The fourth-order valence-corrected chi connectivity index (χ4v) is 4.11. The van der Waals surface area contributed by atoms with Gasteiger partial charge in [-0.3, -0.25) is 30.5 Å². The van der Waals surface area contributed by atoms with E-state index in [1.807, 2.05) is 6.07 Å². The first-order valence-electron chi connectivity index (χ1n) is 10.3. The van der Waals surface area contributed by atoms with Crippen LogP contribution in [0.5, 0.6) is 0 Å². The quantitative estimate of drug-likeness (QED) is 0.159. The molecule has 1 atom stereocenters. The van der Waals surface area contributed by atoms with E-state index in [4.69, 9.17) is 10.6 Å². The molecule has 10 heteroatoms. The highest BCUT2D eigenvalue weighted by Gasteiger charge is 2.34. The lowest BCUT2D eigenvalue weighted by Gasteiger charge is -2.39. The van der Waals surface area contributed by atoms with Crippen molar-refractivity contribution in [3.8, 4) is 0 Å². The lowest BCUT2D eigenvalue weighted by atomic mass is 10.0. The lowest BCUT2D eigenvalue weighted by molar-refractivity contribution is -0.130. The van der Waals surface area contributed by atoms with Crippen LogP contribution >= 0.6 is 0 Å². The SMILES string of the molecule is C[C@@H]1CN(C(=O)c2ccccc2)CCN1C(=O)C(=O)c1c[nH]c2c(C(=N)NO)ccc(F)c12. The summed E-state index contributed by atoms with van der Waals surface area (Å²) >= 11 is 0. The molecule has 1 saturated heterocycles.